The molecule has 128 valence electrons. The first-order chi connectivity index (χ1) is 12.1. The van der Waals surface area contributed by atoms with Crippen molar-refractivity contribution < 1.29 is 9.90 Å². The highest BCUT2D eigenvalue weighted by molar-refractivity contribution is 6.00. The molecule has 0 aliphatic heterocycles. The monoisotopic (exact) mass is 335 g/mol. The van der Waals surface area contributed by atoms with Gasteiger partial charge in [0.05, 0.1) is 6.61 Å². The molecule has 0 bridgehead atoms. The lowest BCUT2D eigenvalue weighted by Crippen LogP contribution is -2.28. The van der Waals surface area contributed by atoms with Gasteiger partial charge >= 0.3 is 6.03 Å². The number of urea groups is 1. The number of carbonyl (C=O) groups excluding carboxylic acids is 1. The van der Waals surface area contributed by atoms with E-state index in [1.54, 1.807) is 6.20 Å². The normalized spacial score (nSPS) is 10.7. The largest absolute Gasteiger partial charge is 0.392 e. The van der Waals surface area contributed by atoms with Gasteiger partial charge in [0.1, 0.15) is 5.82 Å². The Morgan fingerprint density at radius 2 is 1.88 bits per heavy atom. The van der Waals surface area contributed by atoms with E-state index in [1.165, 1.54) is 0 Å². The number of hydrogen-bond donors (Lipinski definition) is 3. The Morgan fingerprint density at radius 3 is 2.56 bits per heavy atom. The number of pyridine rings is 1. The van der Waals surface area contributed by atoms with Crippen LogP contribution in [0.25, 0.3) is 21.9 Å². The summed E-state index contributed by atoms with van der Waals surface area (Å²) < 4.78 is 0. The molecular weight excluding hydrogens is 314 g/mol. The number of benzene rings is 2. The fourth-order valence-corrected chi connectivity index (χ4v) is 2.81. The van der Waals surface area contributed by atoms with Crippen LogP contribution in [0, 0.1) is 6.92 Å². The number of nitrogens with one attached hydrogen (secondary N) is 2. The molecule has 0 unspecified atom stereocenters. The summed E-state index contributed by atoms with van der Waals surface area (Å²) in [5, 5.41) is 16.7. The molecule has 2 amide bonds. The number of amides is 2. The molecule has 0 radical (unpaired) electrons. The van der Waals surface area contributed by atoms with E-state index >= 15 is 0 Å². The van der Waals surface area contributed by atoms with E-state index in [0.717, 1.165) is 33.0 Å². The van der Waals surface area contributed by atoms with Crippen LogP contribution in [-0.2, 0) is 6.61 Å². The summed E-state index contributed by atoms with van der Waals surface area (Å²) in [4.78, 5) is 16.1. The quantitative estimate of drug-likeness (QED) is 0.678. The van der Waals surface area contributed by atoms with Gasteiger partial charge < -0.3 is 10.4 Å². The highest BCUT2D eigenvalue weighted by atomic mass is 16.3. The Labute approximate surface area is 146 Å². The Kier molecular flexibility index (Phi) is 4.95. The summed E-state index contributed by atoms with van der Waals surface area (Å²) in [6, 6.07) is 13.6. The zero-order chi connectivity index (χ0) is 17.8. The molecule has 3 aromatic rings. The van der Waals surface area contributed by atoms with Crippen molar-refractivity contribution in [3.63, 3.8) is 0 Å². The third kappa shape index (κ3) is 3.61. The summed E-state index contributed by atoms with van der Waals surface area (Å²) in [6.07, 6.45) is 1.79. The smallest absolute Gasteiger partial charge is 0.320 e. The van der Waals surface area contributed by atoms with Crippen LogP contribution in [0.3, 0.4) is 0 Å². The van der Waals surface area contributed by atoms with Gasteiger partial charge in [-0.1, -0.05) is 36.4 Å². The number of rotatable bonds is 4. The third-order valence-corrected chi connectivity index (χ3v) is 4.15. The average molecular weight is 335 g/mol. The van der Waals surface area contributed by atoms with E-state index in [4.69, 9.17) is 0 Å². The minimum absolute atomic E-state index is 0.0272. The molecule has 25 heavy (non-hydrogen) atoms. The van der Waals surface area contributed by atoms with Crippen LogP contribution in [-0.4, -0.2) is 22.7 Å². The predicted molar refractivity (Wildman–Crippen MR) is 101 cm³/mol. The van der Waals surface area contributed by atoms with Gasteiger partial charge in [-0.3, -0.25) is 5.32 Å². The number of aliphatic hydroxyl groups excluding tert-OH is 1. The zero-order valence-corrected chi connectivity index (χ0v) is 14.3. The maximum absolute atomic E-state index is 11.8. The van der Waals surface area contributed by atoms with Crippen LogP contribution in [0.2, 0.25) is 0 Å². The second-order valence-corrected chi connectivity index (χ2v) is 5.88. The first-order valence-corrected chi connectivity index (χ1v) is 8.26. The fraction of sp³-hybridized carbons (Fsp3) is 0.200. The number of aliphatic hydroxyl groups is 1. The lowest BCUT2D eigenvalue weighted by atomic mass is 9.96. The molecule has 2 aromatic carbocycles. The molecule has 0 saturated carbocycles. The van der Waals surface area contributed by atoms with E-state index in [2.05, 4.69) is 27.8 Å². The van der Waals surface area contributed by atoms with Crippen LogP contribution in [0.4, 0.5) is 10.6 Å². The van der Waals surface area contributed by atoms with Gasteiger partial charge in [-0.05, 0) is 47.6 Å². The predicted octanol–water partition coefficient (Wildman–Crippen LogP) is 3.84. The summed E-state index contributed by atoms with van der Waals surface area (Å²) in [7, 11) is 0. The lowest BCUT2D eigenvalue weighted by molar-refractivity contribution is 0.252. The number of aryl methyl sites for hydroxylation is 1. The van der Waals surface area contributed by atoms with Crippen molar-refractivity contribution in [1.29, 1.82) is 0 Å². The van der Waals surface area contributed by atoms with E-state index < -0.39 is 0 Å². The highest BCUT2D eigenvalue weighted by Gasteiger charge is 2.09. The van der Waals surface area contributed by atoms with Gasteiger partial charge in [-0.25, -0.2) is 9.78 Å². The summed E-state index contributed by atoms with van der Waals surface area (Å²) in [5.74, 6) is 0.511. The topological polar surface area (TPSA) is 74.2 Å². The van der Waals surface area contributed by atoms with Crippen LogP contribution in [0.15, 0.2) is 48.7 Å². The van der Waals surface area contributed by atoms with Crippen LogP contribution in [0.5, 0.6) is 0 Å². The van der Waals surface area contributed by atoms with Gasteiger partial charge in [0, 0.05) is 18.1 Å². The second-order valence-electron chi connectivity index (χ2n) is 5.88. The molecule has 5 nitrogen and oxygen atoms in total. The number of fused-ring (bicyclic) bond motifs is 1. The Balaban J connectivity index is 2.07. The average Bonchev–Trinajstić information content (AvgIpc) is 2.62. The molecule has 1 aromatic heterocycles. The van der Waals surface area contributed by atoms with E-state index in [1.807, 2.05) is 44.2 Å². The van der Waals surface area contributed by atoms with Crippen molar-refractivity contribution in [2.75, 3.05) is 11.9 Å². The minimum atomic E-state index is -0.268. The number of carbonyl (C=O) groups is 1. The maximum Gasteiger partial charge on any atom is 0.320 e. The van der Waals surface area contributed by atoms with Crippen LogP contribution < -0.4 is 10.6 Å². The van der Waals surface area contributed by atoms with Crippen LogP contribution >= 0.6 is 0 Å². The maximum atomic E-state index is 11.8. The lowest BCUT2D eigenvalue weighted by Gasteiger charge is -2.12. The van der Waals surface area contributed by atoms with E-state index in [9.17, 15) is 9.90 Å². The molecular formula is C20H21N3O2. The molecule has 0 aliphatic rings. The molecule has 0 saturated heterocycles. The van der Waals surface area contributed by atoms with E-state index in [0.29, 0.717) is 12.4 Å². The number of aromatic nitrogens is 1. The Bertz CT molecular complexity index is 905. The third-order valence-electron chi connectivity index (χ3n) is 4.15. The van der Waals surface area contributed by atoms with Gasteiger partial charge in [-0.15, -0.1) is 0 Å². The Hall–Kier alpha value is -2.92. The molecule has 3 rings (SSSR count). The standard InChI is InChI=1S/C20H21N3O2/c1-3-21-20(25)23-19-10-17-16(9-4-13(2)18(17)11-22-19)15-7-5-14(12-24)6-8-15/h4-11,24H,3,12H2,1-2H3,(H2,21,22,23,25). The Morgan fingerprint density at radius 1 is 1.12 bits per heavy atom. The molecule has 3 N–H and O–H groups in total. The molecule has 0 spiro atoms. The first kappa shape index (κ1) is 16.9. The van der Waals surface area contributed by atoms with Crippen molar-refractivity contribution in [3.05, 3.63) is 59.8 Å². The number of anilines is 1. The van der Waals surface area contributed by atoms with E-state index in [-0.39, 0.29) is 12.6 Å². The summed E-state index contributed by atoms with van der Waals surface area (Å²) in [6.45, 7) is 4.49. The summed E-state index contributed by atoms with van der Waals surface area (Å²) in [5.41, 5.74) is 4.12. The van der Waals surface area contributed by atoms with Gasteiger partial charge in [0.2, 0.25) is 0 Å². The molecule has 5 heteroatoms. The molecule has 1 heterocycles. The SMILES string of the molecule is CCNC(=O)Nc1cc2c(-c3ccc(CO)cc3)ccc(C)c2cn1. The number of nitrogens with zero attached hydrogens (tertiary/aromatic N) is 1. The minimum Gasteiger partial charge on any atom is -0.392 e. The van der Waals surface area contributed by atoms with Crippen LogP contribution in [0.1, 0.15) is 18.1 Å². The van der Waals surface area contributed by atoms with Crippen molar-refractivity contribution >= 4 is 22.6 Å². The van der Waals surface area contributed by atoms with Crippen molar-refractivity contribution in [3.8, 4) is 11.1 Å². The number of hydrogen-bond acceptors (Lipinski definition) is 3. The van der Waals surface area contributed by atoms with Crippen molar-refractivity contribution in [2.45, 2.75) is 20.5 Å². The fourth-order valence-electron chi connectivity index (χ4n) is 2.81. The second kappa shape index (κ2) is 7.32. The highest BCUT2D eigenvalue weighted by Crippen LogP contribution is 2.31. The molecule has 0 aliphatic carbocycles. The van der Waals surface area contributed by atoms with Gasteiger partial charge in [-0.2, -0.15) is 0 Å². The van der Waals surface area contributed by atoms with Crippen molar-refractivity contribution in [2.24, 2.45) is 0 Å². The molecule has 0 fully saturated rings. The summed E-state index contributed by atoms with van der Waals surface area (Å²) >= 11 is 0. The first-order valence-electron chi connectivity index (χ1n) is 8.26. The zero-order valence-electron chi connectivity index (χ0n) is 14.3. The van der Waals surface area contributed by atoms with Crippen molar-refractivity contribution in [1.82, 2.24) is 10.3 Å². The molecule has 0 atom stereocenters. The van der Waals surface area contributed by atoms with Gasteiger partial charge in [0.25, 0.3) is 0 Å². The van der Waals surface area contributed by atoms with Gasteiger partial charge in [0.15, 0.2) is 0 Å².